The van der Waals surface area contributed by atoms with Gasteiger partial charge in [-0.25, -0.2) is 0 Å². The fourth-order valence-corrected chi connectivity index (χ4v) is 2.32. The third-order valence-corrected chi connectivity index (χ3v) is 4.07. The van der Waals surface area contributed by atoms with Crippen LogP contribution in [0.5, 0.6) is 11.5 Å². The average molecular weight is 406 g/mol. The third kappa shape index (κ3) is 10.0. The van der Waals surface area contributed by atoms with E-state index < -0.39 is 6.10 Å². The lowest BCUT2D eigenvalue weighted by atomic mass is 10.2. The summed E-state index contributed by atoms with van der Waals surface area (Å²) in [6, 6.07) is 14.9. The van der Waals surface area contributed by atoms with Crippen molar-refractivity contribution in [3.05, 3.63) is 59.7 Å². The predicted octanol–water partition coefficient (Wildman–Crippen LogP) is 2.36. The van der Waals surface area contributed by atoms with Gasteiger partial charge in [0.05, 0.1) is 40.1 Å². The molecule has 0 spiro atoms. The number of ether oxygens (including phenoxy) is 4. The molecule has 0 bridgehead atoms. The number of carbonyl (C=O) groups is 1. The Hall–Kier alpha value is -2.45. The molecule has 0 amide bonds. The second-order valence-corrected chi connectivity index (χ2v) is 6.17. The monoisotopic (exact) mass is 406 g/mol. The van der Waals surface area contributed by atoms with E-state index in [0.717, 1.165) is 22.6 Å². The number of rotatable bonds is 11. The van der Waals surface area contributed by atoms with Crippen molar-refractivity contribution in [1.82, 2.24) is 0 Å². The topological polar surface area (TPSA) is 94.5 Å². The zero-order chi connectivity index (χ0) is 21.5. The fraction of sp³-hybridized carbons (Fsp3) is 0.409. The first-order chi connectivity index (χ1) is 14.1. The number of aliphatic hydroxyl groups excluding tert-OH is 2. The van der Waals surface area contributed by atoms with Crippen LogP contribution in [0.2, 0.25) is 0 Å². The molecule has 0 aliphatic carbocycles. The van der Waals surface area contributed by atoms with Crippen LogP contribution in [-0.2, 0) is 27.5 Å². The lowest BCUT2D eigenvalue weighted by Crippen LogP contribution is -2.25. The van der Waals surface area contributed by atoms with Crippen molar-refractivity contribution in [1.29, 1.82) is 0 Å². The van der Waals surface area contributed by atoms with Gasteiger partial charge in [-0.2, -0.15) is 0 Å². The van der Waals surface area contributed by atoms with Crippen molar-refractivity contribution in [3.63, 3.8) is 0 Å². The van der Waals surface area contributed by atoms with Gasteiger partial charge in [0.25, 0.3) is 0 Å². The van der Waals surface area contributed by atoms with Crippen molar-refractivity contribution < 1.29 is 34.0 Å². The van der Waals surface area contributed by atoms with Gasteiger partial charge in [0.15, 0.2) is 0 Å². The highest BCUT2D eigenvalue weighted by Gasteiger charge is 2.13. The largest absolute Gasteiger partial charge is 0.497 e. The maximum absolute atomic E-state index is 10.4. The molecule has 7 heteroatoms. The van der Waals surface area contributed by atoms with Crippen LogP contribution in [0.15, 0.2) is 48.5 Å². The van der Waals surface area contributed by atoms with E-state index in [1.54, 1.807) is 14.2 Å². The Balaban J connectivity index is 0.000000352. The highest BCUT2D eigenvalue weighted by atomic mass is 16.5. The molecule has 0 fully saturated rings. The summed E-state index contributed by atoms with van der Waals surface area (Å²) in [7, 11) is 4.76. The van der Waals surface area contributed by atoms with Crippen LogP contribution in [-0.4, -0.2) is 56.6 Å². The molecule has 2 aromatic carbocycles. The molecule has 29 heavy (non-hydrogen) atoms. The first-order valence-corrected chi connectivity index (χ1v) is 9.16. The summed E-state index contributed by atoms with van der Waals surface area (Å²) in [6.45, 7) is 0.860. The van der Waals surface area contributed by atoms with Crippen LogP contribution >= 0.6 is 0 Å². The smallest absolute Gasteiger partial charge is 0.148 e. The van der Waals surface area contributed by atoms with Crippen LogP contribution in [0.3, 0.4) is 0 Å². The Kier molecular flexibility index (Phi) is 12.3. The molecule has 0 heterocycles. The van der Waals surface area contributed by atoms with Crippen molar-refractivity contribution in [3.8, 4) is 11.5 Å². The molecule has 0 saturated heterocycles. The number of hydrogen-bond donors (Lipinski definition) is 2. The van der Waals surface area contributed by atoms with Gasteiger partial charge in [-0.15, -0.1) is 0 Å². The second-order valence-electron chi connectivity index (χ2n) is 6.17. The van der Waals surface area contributed by atoms with Gasteiger partial charge in [0, 0.05) is 13.5 Å². The van der Waals surface area contributed by atoms with E-state index in [0.29, 0.717) is 19.5 Å². The van der Waals surface area contributed by atoms with Crippen LogP contribution in [0, 0.1) is 0 Å². The third-order valence-electron chi connectivity index (χ3n) is 4.07. The SMILES string of the molecule is COc1ccc(CO)cc1.COc1ccc(COCC(CC(O)C=O)OC)cc1. The normalized spacial score (nSPS) is 12.3. The molecule has 160 valence electrons. The summed E-state index contributed by atoms with van der Waals surface area (Å²) < 4.78 is 20.6. The first kappa shape index (κ1) is 24.6. The van der Waals surface area contributed by atoms with E-state index in [9.17, 15) is 9.90 Å². The van der Waals surface area contributed by atoms with Crippen LogP contribution in [0.1, 0.15) is 17.5 Å². The Labute approximate surface area is 171 Å². The average Bonchev–Trinajstić information content (AvgIpc) is 2.79. The summed E-state index contributed by atoms with van der Waals surface area (Å²) in [5.74, 6) is 1.62. The minimum atomic E-state index is -1.01. The molecule has 2 aromatic rings. The number of benzene rings is 2. The van der Waals surface area contributed by atoms with E-state index in [-0.39, 0.29) is 19.1 Å². The lowest BCUT2D eigenvalue weighted by molar-refractivity contribution is -0.117. The standard InChI is InChI=1S/C14H20O5.C8H10O2/c1-17-13-5-3-11(4-6-13)9-19-10-14(18-2)7-12(16)8-15;1-10-8-4-2-7(6-9)3-5-8/h3-6,8,12,14,16H,7,9-10H2,1-2H3;2-5,9H,6H2,1H3. The molecule has 0 aromatic heterocycles. The fourth-order valence-electron chi connectivity index (χ4n) is 2.32. The van der Waals surface area contributed by atoms with E-state index >= 15 is 0 Å². The molecule has 0 radical (unpaired) electrons. The quantitative estimate of drug-likeness (QED) is 0.553. The molecule has 0 saturated carbocycles. The Morgan fingerprint density at radius 2 is 1.41 bits per heavy atom. The molecule has 0 aliphatic heterocycles. The highest BCUT2D eigenvalue weighted by Crippen LogP contribution is 2.13. The van der Waals surface area contributed by atoms with Gasteiger partial charge in [0.2, 0.25) is 0 Å². The molecule has 2 rings (SSSR count). The Bertz CT molecular complexity index is 648. The Morgan fingerprint density at radius 3 is 1.83 bits per heavy atom. The summed E-state index contributed by atoms with van der Waals surface area (Å²) >= 11 is 0. The van der Waals surface area contributed by atoms with E-state index in [4.69, 9.17) is 24.1 Å². The maximum Gasteiger partial charge on any atom is 0.148 e. The highest BCUT2D eigenvalue weighted by molar-refractivity contribution is 5.55. The van der Waals surface area contributed by atoms with Crippen molar-refractivity contribution in [2.45, 2.75) is 31.8 Å². The summed E-state index contributed by atoms with van der Waals surface area (Å²) in [6.07, 6.45) is -0.564. The lowest BCUT2D eigenvalue weighted by Gasteiger charge is -2.16. The van der Waals surface area contributed by atoms with Crippen molar-refractivity contribution in [2.75, 3.05) is 27.9 Å². The first-order valence-electron chi connectivity index (χ1n) is 9.16. The predicted molar refractivity (Wildman–Crippen MR) is 109 cm³/mol. The second kappa shape index (κ2) is 14.5. The van der Waals surface area contributed by atoms with E-state index in [1.165, 1.54) is 7.11 Å². The summed E-state index contributed by atoms with van der Waals surface area (Å²) in [5.41, 5.74) is 1.92. The van der Waals surface area contributed by atoms with E-state index in [2.05, 4.69) is 0 Å². The summed E-state index contributed by atoms with van der Waals surface area (Å²) in [4.78, 5) is 10.4. The molecular weight excluding hydrogens is 376 g/mol. The molecule has 2 atom stereocenters. The zero-order valence-corrected chi connectivity index (χ0v) is 17.1. The maximum atomic E-state index is 10.4. The van der Waals surface area contributed by atoms with Gasteiger partial charge in [-0.3, -0.25) is 0 Å². The molecule has 0 aliphatic rings. The molecular formula is C22H30O7. The number of aldehydes is 1. The number of carbonyl (C=O) groups excluding carboxylic acids is 1. The molecule has 2 unspecified atom stereocenters. The van der Waals surface area contributed by atoms with Crippen molar-refractivity contribution >= 4 is 6.29 Å². The van der Waals surface area contributed by atoms with Gasteiger partial charge in [0.1, 0.15) is 23.9 Å². The Morgan fingerprint density at radius 1 is 0.897 bits per heavy atom. The summed E-state index contributed by atoms with van der Waals surface area (Å²) in [5, 5.41) is 17.9. The minimum Gasteiger partial charge on any atom is -0.497 e. The van der Waals surface area contributed by atoms with Gasteiger partial charge < -0.3 is 34.0 Å². The van der Waals surface area contributed by atoms with Crippen LogP contribution in [0.4, 0.5) is 0 Å². The van der Waals surface area contributed by atoms with Crippen LogP contribution in [0.25, 0.3) is 0 Å². The van der Waals surface area contributed by atoms with Gasteiger partial charge >= 0.3 is 0 Å². The molecule has 2 N–H and O–H groups in total. The molecule has 7 nitrogen and oxygen atoms in total. The number of hydrogen-bond acceptors (Lipinski definition) is 7. The minimum absolute atomic E-state index is 0.0873. The van der Waals surface area contributed by atoms with Crippen LogP contribution < -0.4 is 9.47 Å². The zero-order valence-electron chi connectivity index (χ0n) is 17.1. The van der Waals surface area contributed by atoms with Gasteiger partial charge in [-0.05, 0) is 35.4 Å². The van der Waals surface area contributed by atoms with Gasteiger partial charge in [-0.1, -0.05) is 24.3 Å². The number of aliphatic hydroxyl groups is 2. The number of methoxy groups -OCH3 is 3. The van der Waals surface area contributed by atoms with E-state index in [1.807, 2.05) is 48.5 Å². The van der Waals surface area contributed by atoms with Crippen molar-refractivity contribution in [2.24, 2.45) is 0 Å².